The summed E-state index contributed by atoms with van der Waals surface area (Å²) in [5.74, 6) is 1.53. The van der Waals surface area contributed by atoms with Gasteiger partial charge in [-0.2, -0.15) is 0 Å². The van der Waals surface area contributed by atoms with Crippen LogP contribution in [0.2, 0.25) is 0 Å². The molecule has 0 spiro atoms. The molecule has 8 heteroatoms. The fourth-order valence-electron chi connectivity index (χ4n) is 2.62. The number of benzene rings is 2. The Hall–Kier alpha value is -2.16. The van der Waals surface area contributed by atoms with Crippen LogP contribution in [-0.2, 0) is 27.5 Å². The van der Waals surface area contributed by atoms with E-state index in [1.807, 2.05) is 48.5 Å². The van der Waals surface area contributed by atoms with E-state index >= 15 is 0 Å². The number of nitrogens with zero attached hydrogens (tertiary/aromatic N) is 1. The highest BCUT2D eigenvalue weighted by atomic mass is 79.9. The summed E-state index contributed by atoms with van der Waals surface area (Å²) >= 11 is 3.50. The van der Waals surface area contributed by atoms with Crippen molar-refractivity contribution in [2.45, 2.75) is 30.3 Å². The van der Waals surface area contributed by atoms with Crippen molar-refractivity contribution in [2.24, 2.45) is 5.16 Å². The van der Waals surface area contributed by atoms with E-state index in [1.165, 1.54) is 7.11 Å². The molecule has 2 aromatic carbocycles. The summed E-state index contributed by atoms with van der Waals surface area (Å²) < 4.78 is 36.6. The Bertz CT molecular complexity index is 757. The topological polar surface area (TPSA) is 58.5 Å². The van der Waals surface area contributed by atoms with Gasteiger partial charge in [0.2, 0.25) is 0 Å². The normalized spacial score (nSPS) is 14.3. The number of hydrogen-bond donors (Lipinski definition) is 0. The summed E-state index contributed by atoms with van der Waals surface area (Å²) in [6.45, 7) is 0.872. The first-order chi connectivity index (χ1) is 14.6. The van der Waals surface area contributed by atoms with Gasteiger partial charge in [-0.05, 0) is 35.4 Å². The summed E-state index contributed by atoms with van der Waals surface area (Å²) in [5.41, 5.74) is 1.89. The average Bonchev–Trinajstić information content (AvgIpc) is 2.78. The lowest BCUT2D eigenvalue weighted by Gasteiger charge is -2.24. The third kappa shape index (κ3) is 7.93. The Balaban J connectivity index is 1.92. The second-order valence-electron chi connectivity index (χ2n) is 6.38. The van der Waals surface area contributed by atoms with Crippen LogP contribution in [0.25, 0.3) is 0 Å². The van der Waals surface area contributed by atoms with Crippen molar-refractivity contribution >= 4 is 22.1 Å². The van der Waals surface area contributed by atoms with Crippen molar-refractivity contribution in [1.82, 2.24) is 0 Å². The van der Waals surface area contributed by atoms with Crippen molar-refractivity contribution in [3.63, 3.8) is 0 Å². The maximum Gasteiger partial charge on any atom is 0.166 e. The van der Waals surface area contributed by atoms with Gasteiger partial charge in [-0.3, -0.25) is 0 Å². The first-order valence-electron chi connectivity index (χ1n) is 9.37. The summed E-state index contributed by atoms with van der Waals surface area (Å²) in [7, 11) is 4.58. The monoisotopic (exact) mass is 483 g/mol. The number of rotatable bonds is 13. The number of hydrogen-bond acceptors (Lipinski definition) is 6. The highest BCUT2D eigenvalue weighted by Gasteiger charge is 2.28. The van der Waals surface area contributed by atoms with Crippen LogP contribution in [0.4, 0.5) is 4.39 Å². The minimum atomic E-state index is -1.47. The highest BCUT2D eigenvalue weighted by Crippen LogP contribution is 2.20. The van der Waals surface area contributed by atoms with Crippen LogP contribution in [0.5, 0.6) is 11.5 Å². The minimum absolute atomic E-state index is 0.233. The van der Waals surface area contributed by atoms with Gasteiger partial charge in [-0.25, -0.2) is 4.39 Å². The maximum absolute atomic E-state index is 14.7. The molecule has 0 aromatic heterocycles. The number of oxime groups is 1. The summed E-state index contributed by atoms with van der Waals surface area (Å²) in [6, 6.07) is 15.0. The molecule has 0 radical (unpaired) electrons. The molecule has 0 bridgehead atoms. The molecule has 2 aromatic rings. The largest absolute Gasteiger partial charge is 0.497 e. The van der Waals surface area contributed by atoms with E-state index in [4.69, 9.17) is 18.9 Å². The van der Waals surface area contributed by atoms with Gasteiger partial charge in [0.05, 0.1) is 45.1 Å². The predicted molar refractivity (Wildman–Crippen MR) is 117 cm³/mol. The van der Waals surface area contributed by atoms with E-state index in [0.29, 0.717) is 6.61 Å². The zero-order chi connectivity index (χ0) is 21.8. The van der Waals surface area contributed by atoms with Crippen molar-refractivity contribution in [2.75, 3.05) is 27.9 Å². The molecule has 0 unspecified atom stereocenters. The zero-order valence-electron chi connectivity index (χ0n) is 17.3. The van der Waals surface area contributed by atoms with Crippen molar-refractivity contribution < 1.29 is 28.2 Å². The second-order valence-corrected chi connectivity index (χ2v) is 7.56. The molecule has 0 aliphatic carbocycles. The van der Waals surface area contributed by atoms with Gasteiger partial charge in [0.1, 0.15) is 24.7 Å². The maximum atomic E-state index is 14.7. The van der Waals surface area contributed by atoms with Crippen molar-refractivity contribution in [1.29, 1.82) is 0 Å². The van der Waals surface area contributed by atoms with Gasteiger partial charge in [0, 0.05) is 0 Å². The molecule has 0 heterocycles. The van der Waals surface area contributed by atoms with Crippen LogP contribution in [-0.4, -0.2) is 51.3 Å². The first-order valence-corrected chi connectivity index (χ1v) is 10.3. The van der Waals surface area contributed by atoms with Crippen molar-refractivity contribution in [3.8, 4) is 11.5 Å². The minimum Gasteiger partial charge on any atom is -0.497 e. The number of alkyl halides is 2. The fraction of sp³-hybridized carbons (Fsp3) is 0.409. The Labute approximate surface area is 185 Å². The molecule has 0 aliphatic rings. The Kier molecular flexibility index (Phi) is 10.6. The smallest absolute Gasteiger partial charge is 0.166 e. The van der Waals surface area contributed by atoms with Crippen LogP contribution < -0.4 is 9.47 Å². The molecular formula is C22H27BrFNO5. The average molecular weight is 484 g/mol. The van der Waals surface area contributed by atoms with Crippen LogP contribution >= 0.6 is 15.9 Å². The second kappa shape index (κ2) is 13.2. The molecule has 0 aliphatic heterocycles. The van der Waals surface area contributed by atoms with Gasteiger partial charge >= 0.3 is 0 Å². The SMILES string of the molecule is CON=C[C@@H](F)[C@H](OCc1ccc(OC)cc1)[C@@H](Br)COCc1ccc(OC)cc1. The van der Waals surface area contributed by atoms with Crippen LogP contribution in [0.1, 0.15) is 11.1 Å². The van der Waals surface area contributed by atoms with E-state index in [2.05, 4.69) is 25.9 Å². The van der Waals surface area contributed by atoms with Crippen LogP contribution in [0, 0.1) is 0 Å². The molecule has 6 nitrogen and oxygen atoms in total. The lowest BCUT2D eigenvalue weighted by molar-refractivity contribution is -0.0104. The molecule has 30 heavy (non-hydrogen) atoms. The number of ether oxygens (including phenoxy) is 4. The van der Waals surface area contributed by atoms with Gasteiger partial charge < -0.3 is 23.8 Å². The molecular weight excluding hydrogens is 457 g/mol. The molecule has 0 saturated heterocycles. The van der Waals surface area contributed by atoms with Gasteiger partial charge in [0.15, 0.2) is 6.17 Å². The van der Waals surface area contributed by atoms with E-state index in [-0.39, 0.29) is 13.2 Å². The summed E-state index contributed by atoms with van der Waals surface area (Å²) in [5, 5.41) is 3.53. The third-order valence-electron chi connectivity index (χ3n) is 4.29. The molecule has 0 amide bonds. The van der Waals surface area contributed by atoms with E-state index in [1.54, 1.807) is 14.2 Å². The van der Waals surface area contributed by atoms with E-state index in [0.717, 1.165) is 28.8 Å². The Morgan fingerprint density at radius 1 is 0.900 bits per heavy atom. The molecule has 3 atom stereocenters. The molecule has 164 valence electrons. The van der Waals surface area contributed by atoms with Crippen LogP contribution in [0.3, 0.4) is 0 Å². The lowest BCUT2D eigenvalue weighted by atomic mass is 10.1. The molecule has 0 saturated carbocycles. The summed E-state index contributed by atoms with van der Waals surface area (Å²) in [6.07, 6.45) is -1.21. The van der Waals surface area contributed by atoms with Crippen LogP contribution in [0.15, 0.2) is 53.7 Å². The lowest BCUT2D eigenvalue weighted by Crippen LogP contribution is -2.37. The molecule has 0 N–H and O–H groups in total. The number of halogens is 2. The van der Waals surface area contributed by atoms with Crippen molar-refractivity contribution in [3.05, 3.63) is 59.7 Å². The molecule has 2 rings (SSSR count). The zero-order valence-corrected chi connectivity index (χ0v) is 18.9. The molecule has 0 fully saturated rings. The van der Waals surface area contributed by atoms with E-state index < -0.39 is 17.1 Å². The first kappa shape index (κ1) is 24.1. The summed E-state index contributed by atoms with van der Waals surface area (Å²) in [4.78, 5) is 4.20. The number of methoxy groups -OCH3 is 2. The Morgan fingerprint density at radius 2 is 1.43 bits per heavy atom. The predicted octanol–water partition coefficient (Wildman–Crippen LogP) is 4.54. The highest BCUT2D eigenvalue weighted by molar-refractivity contribution is 9.09. The fourth-order valence-corrected chi connectivity index (χ4v) is 3.25. The quantitative estimate of drug-likeness (QED) is 0.238. The van der Waals surface area contributed by atoms with Gasteiger partial charge in [-0.1, -0.05) is 45.4 Å². The standard InChI is InChI=1S/C22H27BrFNO5/c1-26-18-8-4-16(5-9-18)13-29-15-20(23)22(21(24)12-25-28-3)30-14-17-6-10-19(27-2)11-7-17/h4-12,20-22H,13-15H2,1-3H3/t20-,21+,22+/m0/s1. The Morgan fingerprint density at radius 3 is 1.93 bits per heavy atom. The third-order valence-corrected chi connectivity index (χ3v) is 5.07. The van der Waals surface area contributed by atoms with E-state index in [9.17, 15) is 4.39 Å². The van der Waals surface area contributed by atoms with Gasteiger partial charge in [0.25, 0.3) is 0 Å². The van der Waals surface area contributed by atoms with Gasteiger partial charge in [-0.15, -0.1) is 0 Å².